The van der Waals surface area contributed by atoms with Gasteiger partial charge in [0.25, 0.3) is 0 Å². The molecule has 0 aromatic carbocycles. The van der Waals surface area contributed by atoms with Crippen LogP contribution in [0.25, 0.3) is 0 Å². The highest BCUT2D eigenvalue weighted by Gasteiger charge is 2.25. The Labute approximate surface area is 98.1 Å². The molecule has 3 heteroatoms. The predicted octanol–water partition coefficient (Wildman–Crippen LogP) is 2.84. The molecule has 16 heavy (non-hydrogen) atoms. The summed E-state index contributed by atoms with van der Waals surface area (Å²) in [5.74, 6) is 0.580. The van der Waals surface area contributed by atoms with E-state index in [0.29, 0.717) is 18.0 Å². The fourth-order valence-corrected chi connectivity index (χ4v) is 2.67. The molecule has 0 saturated heterocycles. The highest BCUT2D eigenvalue weighted by molar-refractivity contribution is 5.07. The maximum atomic E-state index is 6.23. The highest BCUT2D eigenvalue weighted by Crippen LogP contribution is 2.30. The van der Waals surface area contributed by atoms with E-state index >= 15 is 0 Å². The lowest BCUT2D eigenvalue weighted by atomic mass is 9.90. The maximum Gasteiger partial charge on any atom is 0.0951 e. The first-order valence-electron chi connectivity index (χ1n) is 6.51. The summed E-state index contributed by atoms with van der Waals surface area (Å²) >= 11 is 0. The topological polar surface area (TPSA) is 43.8 Å². The minimum absolute atomic E-state index is 0.311. The Kier molecular flexibility index (Phi) is 3.64. The van der Waals surface area contributed by atoms with Gasteiger partial charge in [-0.2, -0.15) is 0 Å². The summed E-state index contributed by atoms with van der Waals surface area (Å²) in [7, 11) is 0. The van der Waals surface area contributed by atoms with E-state index < -0.39 is 0 Å². The lowest BCUT2D eigenvalue weighted by Gasteiger charge is -2.31. The minimum Gasteiger partial charge on any atom is -0.330 e. The van der Waals surface area contributed by atoms with Crippen LogP contribution in [-0.2, 0) is 0 Å². The van der Waals surface area contributed by atoms with E-state index in [2.05, 4.69) is 23.4 Å². The van der Waals surface area contributed by atoms with E-state index in [0.717, 1.165) is 12.8 Å². The second kappa shape index (κ2) is 5.00. The van der Waals surface area contributed by atoms with E-state index in [4.69, 9.17) is 5.73 Å². The zero-order valence-electron chi connectivity index (χ0n) is 10.4. The molecule has 2 rings (SSSR count). The molecule has 0 amide bonds. The van der Waals surface area contributed by atoms with E-state index in [1.165, 1.54) is 25.0 Å². The van der Waals surface area contributed by atoms with Gasteiger partial charge in [-0.1, -0.05) is 26.7 Å². The Morgan fingerprint density at radius 1 is 1.50 bits per heavy atom. The van der Waals surface area contributed by atoms with Crippen LogP contribution in [0.2, 0.25) is 0 Å². The van der Waals surface area contributed by atoms with Gasteiger partial charge in [0.15, 0.2) is 0 Å². The standard InChI is InChI=1S/C13H23N3/c1-3-10(2)13-8-15-9-16(13)12-7-5-4-6-11(12)14/h8-12H,3-7,14H2,1-2H3. The predicted molar refractivity (Wildman–Crippen MR) is 66.4 cm³/mol. The zero-order chi connectivity index (χ0) is 11.5. The quantitative estimate of drug-likeness (QED) is 0.853. The zero-order valence-corrected chi connectivity index (χ0v) is 10.4. The highest BCUT2D eigenvalue weighted by atomic mass is 15.1. The van der Waals surface area contributed by atoms with Gasteiger partial charge in [0.05, 0.1) is 6.33 Å². The number of nitrogens with two attached hydrogens (primary N) is 1. The minimum atomic E-state index is 0.311. The molecule has 1 fully saturated rings. The van der Waals surface area contributed by atoms with Crippen LogP contribution in [-0.4, -0.2) is 15.6 Å². The van der Waals surface area contributed by atoms with Crippen molar-refractivity contribution in [3.8, 4) is 0 Å². The van der Waals surface area contributed by atoms with Gasteiger partial charge >= 0.3 is 0 Å². The molecular formula is C13H23N3. The first-order chi connectivity index (χ1) is 7.74. The fraction of sp³-hybridized carbons (Fsp3) is 0.769. The second-order valence-corrected chi connectivity index (χ2v) is 5.05. The molecule has 1 saturated carbocycles. The molecule has 0 spiro atoms. The average Bonchev–Trinajstić information content (AvgIpc) is 2.77. The number of hydrogen-bond acceptors (Lipinski definition) is 2. The Morgan fingerprint density at radius 3 is 2.94 bits per heavy atom. The fourth-order valence-electron chi connectivity index (χ4n) is 2.67. The van der Waals surface area contributed by atoms with Crippen LogP contribution >= 0.6 is 0 Å². The van der Waals surface area contributed by atoms with Crippen molar-refractivity contribution < 1.29 is 0 Å². The third kappa shape index (κ3) is 2.14. The van der Waals surface area contributed by atoms with Crippen LogP contribution in [0.1, 0.15) is 63.6 Å². The summed E-state index contributed by atoms with van der Waals surface area (Å²) in [6.45, 7) is 4.49. The molecular weight excluding hydrogens is 198 g/mol. The molecule has 1 aliphatic carbocycles. The molecule has 0 aliphatic heterocycles. The molecule has 0 radical (unpaired) electrons. The van der Waals surface area contributed by atoms with Gasteiger partial charge < -0.3 is 10.3 Å². The number of hydrogen-bond donors (Lipinski definition) is 1. The average molecular weight is 221 g/mol. The van der Waals surface area contributed by atoms with Gasteiger partial charge in [0, 0.05) is 24.0 Å². The first-order valence-corrected chi connectivity index (χ1v) is 6.51. The van der Waals surface area contributed by atoms with Gasteiger partial charge in [-0.05, 0) is 25.2 Å². The summed E-state index contributed by atoms with van der Waals surface area (Å²) in [5, 5.41) is 0. The molecule has 1 aromatic rings. The van der Waals surface area contributed by atoms with Crippen LogP contribution < -0.4 is 5.73 Å². The summed E-state index contributed by atoms with van der Waals surface area (Å²) in [4.78, 5) is 4.31. The number of aromatic nitrogens is 2. The van der Waals surface area contributed by atoms with Crippen molar-refractivity contribution in [2.45, 2.75) is 64.0 Å². The Balaban J connectivity index is 2.22. The van der Waals surface area contributed by atoms with Crippen molar-refractivity contribution in [2.75, 3.05) is 0 Å². The molecule has 0 bridgehead atoms. The summed E-state index contributed by atoms with van der Waals surface area (Å²) in [6, 6.07) is 0.783. The van der Waals surface area contributed by atoms with Crippen LogP contribution in [0, 0.1) is 0 Å². The summed E-state index contributed by atoms with van der Waals surface area (Å²) in [6.07, 6.45) is 10.1. The van der Waals surface area contributed by atoms with Crippen LogP contribution in [0.3, 0.4) is 0 Å². The monoisotopic (exact) mass is 221 g/mol. The van der Waals surface area contributed by atoms with Crippen LogP contribution in [0.15, 0.2) is 12.5 Å². The number of nitrogens with zero attached hydrogens (tertiary/aromatic N) is 2. The lowest BCUT2D eigenvalue weighted by Crippen LogP contribution is -2.35. The third-order valence-corrected chi connectivity index (χ3v) is 3.95. The van der Waals surface area contributed by atoms with E-state index in [-0.39, 0.29) is 0 Å². The van der Waals surface area contributed by atoms with E-state index in [1.54, 1.807) is 0 Å². The van der Waals surface area contributed by atoms with Crippen molar-refractivity contribution in [1.29, 1.82) is 0 Å². The maximum absolute atomic E-state index is 6.23. The van der Waals surface area contributed by atoms with Gasteiger partial charge in [0.2, 0.25) is 0 Å². The Bertz CT molecular complexity index is 332. The summed E-state index contributed by atoms with van der Waals surface area (Å²) in [5.41, 5.74) is 7.58. The smallest absolute Gasteiger partial charge is 0.0951 e. The molecule has 3 nitrogen and oxygen atoms in total. The Morgan fingerprint density at radius 2 is 2.25 bits per heavy atom. The van der Waals surface area contributed by atoms with E-state index in [1.807, 2.05) is 12.5 Å². The second-order valence-electron chi connectivity index (χ2n) is 5.05. The van der Waals surface area contributed by atoms with Crippen molar-refractivity contribution in [3.05, 3.63) is 18.2 Å². The number of rotatable bonds is 3. The van der Waals surface area contributed by atoms with Crippen molar-refractivity contribution in [1.82, 2.24) is 9.55 Å². The van der Waals surface area contributed by atoms with Crippen molar-refractivity contribution >= 4 is 0 Å². The molecule has 2 N–H and O–H groups in total. The van der Waals surface area contributed by atoms with Gasteiger partial charge in [-0.3, -0.25) is 0 Å². The van der Waals surface area contributed by atoms with Crippen LogP contribution in [0.4, 0.5) is 0 Å². The number of imidazole rings is 1. The van der Waals surface area contributed by atoms with Gasteiger partial charge in [0.1, 0.15) is 0 Å². The van der Waals surface area contributed by atoms with Gasteiger partial charge in [-0.25, -0.2) is 4.98 Å². The third-order valence-electron chi connectivity index (χ3n) is 3.95. The van der Waals surface area contributed by atoms with Gasteiger partial charge in [-0.15, -0.1) is 0 Å². The molecule has 90 valence electrons. The molecule has 1 aliphatic rings. The SMILES string of the molecule is CCC(C)c1cncn1C1CCCCC1N. The van der Waals surface area contributed by atoms with Crippen LogP contribution in [0.5, 0.6) is 0 Å². The van der Waals surface area contributed by atoms with Crippen molar-refractivity contribution in [3.63, 3.8) is 0 Å². The lowest BCUT2D eigenvalue weighted by molar-refractivity contribution is 0.298. The molecule has 1 heterocycles. The molecule has 3 atom stereocenters. The Hall–Kier alpha value is -0.830. The first kappa shape index (κ1) is 11.6. The molecule has 3 unspecified atom stereocenters. The van der Waals surface area contributed by atoms with Crippen molar-refractivity contribution in [2.24, 2.45) is 5.73 Å². The largest absolute Gasteiger partial charge is 0.330 e. The molecule has 1 aromatic heterocycles. The summed E-state index contributed by atoms with van der Waals surface area (Å²) < 4.78 is 2.33. The van der Waals surface area contributed by atoms with E-state index in [9.17, 15) is 0 Å². The normalized spacial score (nSPS) is 27.9.